The van der Waals surface area contributed by atoms with Gasteiger partial charge in [-0.2, -0.15) is 0 Å². The molecule has 0 radical (unpaired) electrons. The second kappa shape index (κ2) is 2.63. The Morgan fingerprint density at radius 1 is 1.21 bits per heavy atom. The molecule has 1 aromatic carbocycles. The third-order valence-electron chi connectivity index (χ3n) is 3.49. The lowest BCUT2D eigenvalue weighted by Crippen LogP contribution is -2.12. The summed E-state index contributed by atoms with van der Waals surface area (Å²) in [5, 5.41) is 10.00. The first-order chi connectivity index (χ1) is 6.77. The Kier molecular flexibility index (Phi) is 1.52. The van der Waals surface area contributed by atoms with Gasteiger partial charge in [-0.3, -0.25) is 0 Å². The van der Waals surface area contributed by atoms with Gasteiger partial charge in [0.2, 0.25) is 0 Å². The smallest absolute Gasteiger partial charge is 0.0992 e. The van der Waals surface area contributed by atoms with Crippen LogP contribution in [0.3, 0.4) is 0 Å². The Morgan fingerprint density at radius 2 is 2.00 bits per heavy atom. The molecular weight excluding hydrogens is 172 g/mol. The molecule has 14 heavy (non-hydrogen) atoms. The number of hydrogen-bond acceptors (Lipinski definition) is 1. The first-order valence-electron chi connectivity index (χ1n) is 5.30. The second-order valence-electron chi connectivity index (χ2n) is 4.42. The number of allylic oxidation sites excluding steroid dienone is 2. The molecule has 1 unspecified atom stereocenters. The van der Waals surface area contributed by atoms with Gasteiger partial charge < -0.3 is 5.11 Å². The van der Waals surface area contributed by atoms with E-state index in [1.807, 2.05) is 0 Å². The summed E-state index contributed by atoms with van der Waals surface area (Å²) >= 11 is 0. The summed E-state index contributed by atoms with van der Waals surface area (Å²) < 4.78 is 0. The lowest BCUT2D eigenvalue weighted by molar-refractivity contribution is 0.338. The third-order valence-corrected chi connectivity index (χ3v) is 3.49. The molecule has 1 heteroatoms. The zero-order valence-electron chi connectivity index (χ0n) is 8.38. The Balaban J connectivity index is 2.31. The normalized spacial score (nSPS) is 23.9. The van der Waals surface area contributed by atoms with Gasteiger partial charge in [0.05, 0.1) is 5.76 Å². The van der Waals surface area contributed by atoms with Crippen LogP contribution in [0.15, 0.2) is 24.0 Å². The molecule has 0 fully saturated rings. The van der Waals surface area contributed by atoms with Gasteiger partial charge in [0.1, 0.15) is 0 Å². The Labute approximate surface area is 84.1 Å². The quantitative estimate of drug-likeness (QED) is 0.660. The van der Waals surface area contributed by atoms with E-state index in [0.29, 0.717) is 11.7 Å². The van der Waals surface area contributed by atoms with Gasteiger partial charge in [-0.05, 0) is 41.5 Å². The van der Waals surface area contributed by atoms with Crippen molar-refractivity contribution in [3.05, 3.63) is 40.6 Å². The average molecular weight is 186 g/mol. The fourth-order valence-corrected chi connectivity index (χ4v) is 2.78. The van der Waals surface area contributed by atoms with Crippen molar-refractivity contribution >= 4 is 5.57 Å². The third kappa shape index (κ3) is 0.899. The molecule has 2 aliphatic rings. The second-order valence-corrected chi connectivity index (χ2v) is 4.42. The van der Waals surface area contributed by atoms with Crippen LogP contribution in [0.2, 0.25) is 0 Å². The summed E-state index contributed by atoms with van der Waals surface area (Å²) in [7, 11) is 0. The molecule has 0 bridgehead atoms. The molecule has 0 saturated carbocycles. The van der Waals surface area contributed by atoms with E-state index in [2.05, 4.69) is 25.1 Å². The van der Waals surface area contributed by atoms with Crippen molar-refractivity contribution < 1.29 is 5.11 Å². The van der Waals surface area contributed by atoms with E-state index in [9.17, 15) is 5.11 Å². The highest BCUT2D eigenvalue weighted by Gasteiger charge is 2.29. The SMILES string of the molecule is CC1Cc2cccc3c2C(=C1O)CC3. The van der Waals surface area contributed by atoms with E-state index in [-0.39, 0.29) is 0 Å². The van der Waals surface area contributed by atoms with E-state index >= 15 is 0 Å². The monoisotopic (exact) mass is 186 g/mol. The number of aryl methyl sites for hydroxylation is 1. The molecule has 3 rings (SSSR count). The van der Waals surface area contributed by atoms with Crippen LogP contribution in [0.1, 0.15) is 30.0 Å². The van der Waals surface area contributed by atoms with Gasteiger partial charge in [-0.25, -0.2) is 0 Å². The highest BCUT2D eigenvalue weighted by atomic mass is 16.3. The summed E-state index contributed by atoms with van der Waals surface area (Å²) in [5.74, 6) is 0.952. The fraction of sp³-hybridized carbons (Fsp3) is 0.385. The molecule has 72 valence electrons. The molecule has 1 atom stereocenters. The largest absolute Gasteiger partial charge is 0.512 e. The first kappa shape index (κ1) is 8.10. The summed E-state index contributed by atoms with van der Waals surface area (Å²) in [5.41, 5.74) is 5.44. The molecular formula is C13H14O. The summed E-state index contributed by atoms with van der Waals surface area (Å²) in [6, 6.07) is 6.54. The van der Waals surface area contributed by atoms with E-state index in [0.717, 1.165) is 19.3 Å². The van der Waals surface area contributed by atoms with E-state index in [1.165, 1.54) is 22.3 Å². The van der Waals surface area contributed by atoms with Gasteiger partial charge in [-0.1, -0.05) is 25.1 Å². The average Bonchev–Trinajstić information content (AvgIpc) is 2.60. The van der Waals surface area contributed by atoms with Crippen molar-refractivity contribution in [2.24, 2.45) is 5.92 Å². The van der Waals surface area contributed by atoms with E-state index < -0.39 is 0 Å². The molecule has 0 heterocycles. The van der Waals surface area contributed by atoms with Crippen LogP contribution in [-0.2, 0) is 12.8 Å². The number of aliphatic hydroxyl groups is 1. The topological polar surface area (TPSA) is 20.2 Å². The minimum absolute atomic E-state index is 0.311. The summed E-state index contributed by atoms with van der Waals surface area (Å²) in [6.07, 6.45) is 3.14. The molecule has 0 saturated heterocycles. The van der Waals surface area contributed by atoms with Crippen molar-refractivity contribution in [3.8, 4) is 0 Å². The van der Waals surface area contributed by atoms with Crippen LogP contribution in [0, 0.1) is 5.92 Å². The summed E-state index contributed by atoms with van der Waals surface area (Å²) in [6.45, 7) is 2.11. The number of benzene rings is 1. The minimum Gasteiger partial charge on any atom is -0.512 e. The zero-order chi connectivity index (χ0) is 9.71. The van der Waals surface area contributed by atoms with Gasteiger partial charge in [-0.15, -0.1) is 0 Å². The van der Waals surface area contributed by atoms with Crippen molar-refractivity contribution in [1.29, 1.82) is 0 Å². The molecule has 1 nitrogen and oxygen atoms in total. The Hall–Kier alpha value is -1.24. The number of aliphatic hydroxyl groups excluding tert-OH is 1. The first-order valence-corrected chi connectivity index (χ1v) is 5.30. The predicted octanol–water partition coefficient (Wildman–Crippen LogP) is 3.09. The van der Waals surface area contributed by atoms with E-state index in [4.69, 9.17) is 0 Å². The van der Waals surface area contributed by atoms with Crippen LogP contribution in [0.5, 0.6) is 0 Å². The minimum atomic E-state index is 0.311. The highest BCUT2D eigenvalue weighted by Crippen LogP contribution is 2.42. The lowest BCUT2D eigenvalue weighted by Gasteiger charge is -2.22. The van der Waals surface area contributed by atoms with Gasteiger partial charge >= 0.3 is 0 Å². The van der Waals surface area contributed by atoms with Crippen LogP contribution < -0.4 is 0 Å². The van der Waals surface area contributed by atoms with Crippen LogP contribution in [0.4, 0.5) is 0 Å². The summed E-state index contributed by atoms with van der Waals surface area (Å²) in [4.78, 5) is 0. The maximum Gasteiger partial charge on any atom is 0.0992 e. The molecule has 0 spiro atoms. The van der Waals surface area contributed by atoms with Gasteiger partial charge in [0.15, 0.2) is 0 Å². The number of hydrogen-bond donors (Lipinski definition) is 1. The maximum atomic E-state index is 10.00. The van der Waals surface area contributed by atoms with Crippen LogP contribution >= 0.6 is 0 Å². The van der Waals surface area contributed by atoms with Crippen molar-refractivity contribution in [2.75, 3.05) is 0 Å². The van der Waals surface area contributed by atoms with E-state index in [1.54, 1.807) is 0 Å². The van der Waals surface area contributed by atoms with Crippen molar-refractivity contribution in [1.82, 2.24) is 0 Å². The lowest BCUT2D eigenvalue weighted by atomic mass is 9.85. The highest BCUT2D eigenvalue weighted by molar-refractivity contribution is 5.78. The standard InChI is InChI=1S/C13H14O/c1-8-7-10-4-2-3-9-5-6-11(12(9)10)13(8)14/h2-4,8,14H,5-7H2,1H3. The maximum absolute atomic E-state index is 10.00. The van der Waals surface area contributed by atoms with Crippen LogP contribution in [-0.4, -0.2) is 5.11 Å². The zero-order valence-corrected chi connectivity index (χ0v) is 8.38. The Morgan fingerprint density at radius 3 is 2.86 bits per heavy atom. The van der Waals surface area contributed by atoms with Crippen molar-refractivity contribution in [3.63, 3.8) is 0 Å². The van der Waals surface area contributed by atoms with Gasteiger partial charge in [0, 0.05) is 5.92 Å². The Bertz CT molecular complexity index is 429. The molecule has 0 amide bonds. The van der Waals surface area contributed by atoms with Crippen molar-refractivity contribution in [2.45, 2.75) is 26.2 Å². The number of rotatable bonds is 0. The molecule has 0 aliphatic heterocycles. The predicted molar refractivity (Wildman–Crippen MR) is 57.2 cm³/mol. The van der Waals surface area contributed by atoms with Crippen LogP contribution in [0.25, 0.3) is 5.57 Å². The molecule has 0 aromatic heterocycles. The fourth-order valence-electron chi connectivity index (χ4n) is 2.78. The molecule has 2 aliphatic carbocycles. The molecule has 1 N–H and O–H groups in total. The van der Waals surface area contributed by atoms with Gasteiger partial charge in [0.25, 0.3) is 0 Å². The molecule has 1 aromatic rings.